The van der Waals surface area contributed by atoms with Gasteiger partial charge in [-0.2, -0.15) is 0 Å². The molecule has 0 bridgehead atoms. The van der Waals surface area contributed by atoms with Gasteiger partial charge in [-0.25, -0.2) is 8.78 Å². The molecular formula is C22H24F2. The first-order chi connectivity index (χ1) is 11.7. The molecule has 0 amide bonds. The Hall–Kier alpha value is -1.70. The summed E-state index contributed by atoms with van der Waals surface area (Å²) in [6, 6.07) is 10.2. The molecule has 2 heteroatoms. The van der Waals surface area contributed by atoms with Crippen LogP contribution in [0.2, 0.25) is 0 Å². The van der Waals surface area contributed by atoms with E-state index in [0.717, 1.165) is 36.0 Å². The van der Waals surface area contributed by atoms with E-state index in [2.05, 4.69) is 0 Å². The fourth-order valence-corrected chi connectivity index (χ4v) is 4.19. The highest BCUT2D eigenvalue weighted by Crippen LogP contribution is 2.43. The smallest absolute Gasteiger partial charge is 0.126 e. The maximum atomic E-state index is 14.7. The van der Waals surface area contributed by atoms with Crippen LogP contribution in [-0.2, 0) is 6.42 Å². The standard InChI is InChI=1S/C22H24F2/c23-18-10-8-16(9-11-18)19-12-13-21(24)20(14-15-6-7-15)22(19)17-4-2-1-3-5-17/h8-13,15,17H,1-7,14H2. The Morgan fingerprint density at radius 2 is 1.50 bits per heavy atom. The Morgan fingerprint density at radius 1 is 0.792 bits per heavy atom. The van der Waals surface area contributed by atoms with Crippen LogP contribution in [-0.4, -0.2) is 0 Å². The summed E-state index contributed by atoms with van der Waals surface area (Å²) in [5, 5.41) is 0. The van der Waals surface area contributed by atoms with Crippen LogP contribution in [0.5, 0.6) is 0 Å². The normalized spacial score (nSPS) is 18.8. The maximum Gasteiger partial charge on any atom is 0.126 e. The molecule has 2 aliphatic carbocycles. The highest BCUT2D eigenvalue weighted by Gasteiger charge is 2.29. The molecule has 0 nitrogen and oxygen atoms in total. The van der Waals surface area contributed by atoms with Crippen LogP contribution >= 0.6 is 0 Å². The SMILES string of the molecule is Fc1ccc(-c2ccc(F)c(CC3CC3)c2C2CCCCC2)cc1. The van der Waals surface area contributed by atoms with Crippen LogP contribution in [0, 0.1) is 17.6 Å². The summed E-state index contributed by atoms with van der Waals surface area (Å²) in [5.74, 6) is 0.833. The maximum absolute atomic E-state index is 14.7. The molecule has 0 aromatic heterocycles. The zero-order valence-electron chi connectivity index (χ0n) is 14.0. The van der Waals surface area contributed by atoms with Gasteiger partial charge in [-0.3, -0.25) is 0 Å². The van der Waals surface area contributed by atoms with Crippen LogP contribution < -0.4 is 0 Å². The van der Waals surface area contributed by atoms with Gasteiger partial charge in [0.15, 0.2) is 0 Å². The average Bonchev–Trinajstić information content (AvgIpc) is 3.42. The van der Waals surface area contributed by atoms with E-state index in [4.69, 9.17) is 0 Å². The van der Waals surface area contributed by atoms with Gasteiger partial charge >= 0.3 is 0 Å². The highest BCUT2D eigenvalue weighted by atomic mass is 19.1. The quantitative estimate of drug-likeness (QED) is 0.591. The van der Waals surface area contributed by atoms with E-state index in [-0.39, 0.29) is 11.6 Å². The molecule has 126 valence electrons. The topological polar surface area (TPSA) is 0 Å². The van der Waals surface area contributed by atoms with Crippen molar-refractivity contribution in [3.05, 3.63) is 59.2 Å². The molecule has 4 rings (SSSR count). The second-order valence-electron chi connectivity index (χ2n) is 7.48. The second-order valence-corrected chi connectivity index (χ2v) is 7.48. The predicted octanol–water partition coefficient (Wildman–Crippen LogP) is 6.63. The van der Waals surface area contributed by atoms with Crippen LogP contribution in [0.1, 0.15) is 62.0 Å². The molecule has 2 aromatic carbocycles. The zero-order chi connectivity index (χ0) is 16.5. The van der Waals surface area contributed by atoms with Crippen molar-refractivity contribution in [3.8, 4) is 11.1 Å². The molecule has 0 N–H and O–H groups in total. The number of hydrogen-bond acceptors (Lipinski definition) is 0. The Balaban J connectivity index is 1.82. The predicted molar refractivity (Wildman–Crippen MR) is 94.0 cm³/mol. The van der Waals surface area contributed by atoms with Crippen LogP contribution in [0.15, 0.2) is 36.4 Å². The van der Waals surface area contributed by atoms with Crippen LogP contribution in [0.4, 0.5) is 8.78 Å². The molecule has 2 aliphatic rings. The molecular weight excluding hydrogens is 302 g/mol. The Morgan fingerprint density at radius 3 is 2.17 bits per heavy atom. The average molecular weight is 326 g/mol. The lowest BCUT2D eigenvalue weighted by Crippen LogP contribution is -2.11. The minimum absolute atomic E-state index is 0.0478. The van der Waals surface area contributed by atoms with E-state index in [1.807, 2.05) is 18.2 Å². The lowest BCUT2D eigenvalue weighted by atomic mass is 9.77. The fourth-order valence-electron chi connectivity index (χ4n) is 4.19. The zero-order valence-corrected chi connectivity index (χ0v) is 14.0. The van der Waals surface area contributed by atoms with Crippen molar-refractivity contribution in [2.75, 3.05) is 0 Å². The summed E-state index contributed by atoms with van der Waals surface area (Å²) in [6.45, 7) is 0. The van der Waals surface area contributed by atoms with Crippen molar-refractivity contribution in [1.29, 1.82) is 0 Å². The summed E-state index contributed by atoms with van der Waals surface area (Å²) in [5.41, 5.74) is 4.27. The molecule has 2 fully saturated rings. The summed E-state index contributed by atoms with van der Waals surface area (Å²) in [4.78, 5) is 0. The third kappa shape index (κ3) is 3.24. The van der Waals surface area contributed by atoms with Crippen molar-refractivity contribution < 1.29 is 8.78 Å². The molecule has 0 radical (unpaired) electrons. The van der Waals surface area contributed by atoms with E-state index < -0.39 is 0 Å². The molecule has 2 aromatic rings. The minimum atomic E-state index is -0.224. The molecule has 24 heavy (non-hydrogen) atoms. The van der Waals surface area contributed by atoms with Gasteiger partial charge in [-0.15, -0.1) is 0 Å². The van der Waals surface area contributed by atoms with Crippen molar-refractivity contribution >= 4 is 0 Å². The minimum Gasteiger partial charge on any atom is -0.207 e. The highest BCUT2D eigenvalue weighted by molar-refractivity contribution is 5.70. The van der Waals surface area contributed by atoms with Crippen LogP contribution in [0.3, 0.4) is 0 Å². The summed E-state index contributed by atoms with van der Waals surface area (Å²) in [7, 11) is 0. The van der Waals surface area contributed by atoms with E-state index in [1.54, 1.807) is 6.07 Å². The van der Waals surface area contributed by atoms with E-state index >= 15 is 0 Å². The lowest BCUT2D eigenvalue weighted by Gasteiger charge is -2.27. The van der Waals surface area contributed by atoms with Crippen molar-refractivity contribution in [1.82, 2.24) is 0 Å². The molecule has 0 aliphatic heterocycles. The van der Waals surface area contributed by atoms with Gasteiger partial charge in [0.1, 0.15) is 11.6 Å². The first-order valence-corrected chi connectivity index (χ1v) is 9.29. The summed E-state index contributed by atoms with van der Waals surface area (Å²) < 4.78 is 28.0. The van der Waals surface area contributed by atoms with Gasteiger partial charge in [0, 0.05) is 0 Å². The second kappa shape index (κ2) is 6.66. The third-order valence-corrected chi connectivity index (χ3v) is 5.66. The van der Waals surface area contributed by atoms with Gasteiger partial charge in [-0.1, -0.05) is 37.5 Å². The molecule has 2 saturated carbocycles. The van der Waals surface area contributed by atoms with Crippen molar-refractivity contribution in [2.24, 2.45) is 5.92 Å². The fraction of sp³-hybridized carbons (Fsp3) is 0.455. The van der Waals surface area contributed by atoms with Gasteiger partial charge in [0.25, 0.3) is 0 Å². The van der Waals surface area contributed by atoms with E-state index in [0.29, 0.717) is 11.8 Å². The van der Waals surface area contributed by atoms with E-state index in [9.17, 15) is 8.78 Å². The monoisotopic (exact) mass is 326 g/mol. The van der Waals surface area contributed by atoms with Gasteiger partial charge in [0.2, 0.25) is 0 Å². The molecule has 0 unspecified atom stereocenters. The number of rotatable bonds is 4. The van der Waals surface area contributed by atoms with Crippen LogP contribution in [0.25, 0.3) is 11.1 Å². The molecule has 0 atom stereocenters. The first kappa shape index (κ1) is 15.8. The molecule has 0 heterocycles. The Bertz CT molecular complexity index is 707. The van der Waals surface area contributed by atoms with Crippen molar-refractivity contribution in [2.45, 2.75) is 57.3 Å². The lowest BCUT2D eigenvalue weighted by molar-refractivity contribution is 0.439. The van der Waals surface area contributed by atoms with Gasteiger partial charge in [-0.05, 0) is 84.4 Å². The third-order valence-electron chi connectivity index (χ3n) is 5.66. The number of hydrogen-bond donors (Lipinski definition) is 0. The van der Waals surface area contributed by atoms with E-state index in [1.165, 1.54) is 49.8 Å². The molecule has 0 saturated heterocycles. The first-order valence-electron chi connectivity index (χ1n) is 9.29. The van der Waals surface area contributed by atoms with Crippen molar-refractivity contribution in [3.63, 3.8) is 0 Å². The van der Waals surface area contributed by atoms with Gasteiger partial charge < -0.3 is 0 Å². The number of benzene rings is 2. The summed E-state index contributed by atoms with van der Waals surface area (Å²) in [6.07, 6.45) is 9.36. The Labute approximate surface area is 142 Å². The summed E-state index contributed by atoms with van der Waals surface area (Å²) >= 11 is 0. The van der Waals surface area contributed by atoms with Gasteiger partial charge in [0.05, 0.1) is 0 Å². The Kier molecular flexibility index (Phi) is 4.39. The number of halogens is 2. The molecule has 0 spiro atoms. The largest absolute Gasteiger partial charge is 0.207 e.